The zero-order valence-electron chi connectivity index (χ0n) is 23.2. The van der Waals surface area contributed by atoms with Crippen LogP contribution in [0.15, 0.2) is 78.9 Å². The van der Waals surface area contributed by atoms with Crippen molar-refractivity contribution in [3.05, 3.63) is 95.6 Å². The van der Waals surface area contributed by atoms with Gasteiger partial charge in [-0.25, -0.2) is 0 Å². The van der Waals surface area contributed by atoms with Crippen LogP contribution in [-0.4, -0.2) is 40.3 Å². The van der Waals surface area contributed by atoms with E-state index in [0.29, 0.717) is 11.6 Å². The summed E-state index contributed by atoms with van der Waals surface area (Å²) in [6, 6.07) is 23.9. The van der Waals surface area contributed by atoms with Crippen LogP contribution in [-0.2, 0) is 16.0 Å². The molecule has 7 heteroatoms. The molecule has 3 rings (SSSR count). The molecule has 3 atom stereocenters. The Labute approximate surface area is 226 Å². The number of carbonyl (C=O) groups is 2. The molecule has 0 saturated carbocycles. The smallest absolute Gasteiger partial charge is 0.310 e. The van der Waals surface area contributed by atoms with Crippen molar-refractivity contribution in [2.75, 3.05) is 12.4 Å². The van der Waals surface area contributed by atoms with Crippen molar-refractivity contribution < 1.29 is 24.9 Å². The van der Waals surface area contributed by atoms with E-state index in [2.05, 4.69) is 24.5 Å². The lowest BCUT2D eigenvalue weighted by molar-refractivity contribution is -0.138. The number of nitrogens with one attached hydrogen (secondary N) is 2. The number of phenols is 1. The van der Waals surface area contributed by atoms with Crippen molar-refractivity contribution in [3.8, 4) is 5.75 Å². The van der Waals surface area contributed by atoms with Crippen LogP contribution in [0.4, 0.5) is 5.69 Å². The third-order valence-corrected chi connectivity index (χ3v) is 5.75. The van der Waals surface area contributed by atoms with Crippen molar-refractivity contribution in [1.29, 1.82) is 0 Å². The molecular weight excluding hydrogens is 480 g/mol. The molecule has 0 aliphatic rings. The Morgan fingerprint density at radius 1 is 0.816 bits per heavy atom. The Hall–Kier alpha value is -3.68. The van der Waals surface area contributed by atoms with Crippen LogP contribution in [0.1, 0.15) is 63.3 Å². The van der Waals surface area contributed by atoms with E-state index in [1.165, 1.54) is 24.6 Å². The fourth-order valence-corrected chi connectivity index (χ4v) is 3.40. The van der Waals surface area contributed by atoms with Gasteiger partial charge in [0.2, 0.25) is 5.91 Å². The molecule has 3 aromatic carbocycles. The largest absolute Gasteiger partial charge is 0.508 e. The highest BCUT2D eigenvalue weighted by atomic mass is 16.4. The van der Waals surface area contributed by atoms with E-state index in [9.17, 15) is 14.7 Å². The summed E-state index contributed by atoms with van der Waals surface area (Å²) >= 11 is 0. The van der Waals surface area contributed by atoms with Crippen molar-refractivity contribution in [3.63, 3.8) is 0 Å². The first-order valence-corrected chi connectivity index (χ1v) is 12.7. The molecule has 7 nitrogen and oxygen atoms in total. The molecule has 0 bridgehead atoms. The van der Waals surface area contributed by atoms with E-state index in [1.54, 1.807) is 19.1 Å². The number of carboxylic acid groups (broad SMARTS) is 1. The number of hydrogen-bond donors (Lipinski definition) is 5. The van der Waals surface area contributed by atoms with Crippen LogP contribution in [0, 0.1) is 5.92 Å². The minimum atomic E-state index is -0.772. The quantitative estimate of drug-likeness (QED) is 0.240. The molecule has 0 aliphatic heterocycles. The van der Waals surface area contributed by atoms with Crippen molar-refractivity contribution in [2.24, 2.45) is 5.92 Å². The predicted molar refractivity (Wildman–Crippen MR) is 153 cm³/mol. The second-order valence-corrected chi connectivity index (χ2v) is 9.56. The van der Waals surface area contributed by atoms with E-state index in [1.807, 2.05) is 68.6 Å². The number of carbonyl (C=O) groups excluding carboxylic acids is 1. The monoisotopic (exact) mass is 522 g/mol. The third-order valence-electron chi connectivity index (χ3n) is 5.75. The van der Waals surface area contributed by atoms with E-state index in [4.69, 9.17) is 10.2 Å². The number of carboxylic acids is 1. The van der Waals surface area contributed by atoms with Crippen LogP contribution < -0.4 is 10.6 Å². The van der Waals surface area contributed by atoms with E-state index >= 15 is 0 Å². The number of benzene rings is 3. The number of aromatic hydroxyl groups is 1. The zero-order chi connectivity index (χ0) is 28.7. The number of aliphatic hydroxyl groups is 1. The van der Waals surface area contributed by atoms with Crippen LogP contribution in [0.2, 0.25) is 0 Å². The maximum Gasteiger partial charge on any atom is 0.310 e. The number of likely N-dealkylation sites (N-methyl/N-ethyl adjacent to an activating group) is 1. The Morgan fingerprint density at radius 2 is 1.37 bits per heavy atom. The Bertz CT molecular complexity index is 1080. The fraction of sp³-hybridized carbons (Fsp3) is 0.355. The van der Waals surface area contributed by atoms with Gasteiger partial charge in [-0.15, -0.1) is 0 Å². The number of aliphatic hydroxyl groups excluding tert-OH is 1. The molecule has 0 fully saturated rings. The molecule has 3 aromatic rings. The Kier molecular flexibility index (Phi) is 14.4. The van der Waals surface area contributed by atoms with Gasteiger partial charge in [-0.2, -0.15) is 0 Å². The summed E-state index contributed by atoms with van der Waals surface area (Å²) in [4.78, 5) is 21.3. The summed E-state index contributed by atoms with van der Waals surface area (Å²) in [5.74, 6) is -0.479. The van der Waals surface area contributed by atoms with E-state index in [-0.39, 0.29) is 17.7 Å². The predicted octanol–water partition coefficient (Wildman–Crippen LogP) is 5.75. The van der Waals surface area contributed by atoms with Gasteiger partial charge in [0.15, 0.2) is 0 Å². The Morgan fingerprint density at radius 3 is 1.82 bits per heavy atom. The standard InChI is InChI=1S/C13H18O2.C10H15NO.C8H9NO2/c1-9(2)8-11-4-6-12(7-5-11)10(3)13(14)15;1-8(11-2)10(12)9-6-4-3-5-7-9;1-6(10)9-7-2-4-8(11)5-3-7/h4-7,9-10H,8H2,1-3H3,(H,14,15);3-8,10-12H,1-2H3;2-5,11H,1H3,(H,9,10)/t;8-,10+;/m.0./s1. The first-order chi connectivity index (χ1) is 17.9. The minimum absolute atomic E-state index is 0.0902. The van der Waals surface area contributed by atoms with Crippen LogP contribution >= 0.6 is 0 Å². The number of phenolic OH excluding ortho intramolecular Hbond substituents is 1. The lowest BCUT2D eigenvalue weighted by Crippen LogP contribution is -2.28. The summed E-state index contributed by atoms with van der Waals surface area (Å²) in [5.41, 5.74) is 3.79. The molecule has 1 amide bonds. The van der Waals surface area contributed by atoms with E-state index < -0.39 is 18.0 Å². The third kappa shape index (κ3) is 12.5. The van der Waals surface area contributed by atoms with E-state index in [0.717, 1.165) is 17.5 Å². The second-order valence-electron chi connectivity index (χ2n) is 9.56. The average molecular weight is 523 g/mol. The molecule has 0 aliphatic carbocycles. The summed E-state index contributed by atoms with van der Waals surface area (Å²) in [6.45, 7) is 9.45. The lowest BCUT2D eigenvalue weighted by atomic mass is 9.97. The van der Waals surface area contributed by atoms with Gasteiger partial charge in [0.25, 0.3) is 0 Å². The van der Waals surface area contributed by atoms with Gasteiger partial charge in [0, 0.05) is 18.7 Å². The first-order valence-electron chi connectivity index (χ1n) is 12.7. The highest BCUT2D eigenvalue weighted by molar-refractivity contribution is 5.88. The molecule has 0 heterocycles. The van der Waals surface area contributed by atoms with Crippen molar-refractivity contribution in [2.45, 2.75) is 59.1 Å². The first kappa shape index (κ1) is 32.3. The number of hydrogen-bond acceptors (Lipinski definition) is 5. The van der Waals surface area contributed by atoms with Gasteiger partial charge in [0.1, 0.15) is 5.75 Å². The molecular formula is C31H42N2O5. The number of aliphatic carboxylic acids is 1. The number of rotatable bonds is 8. The number of amides is 1. The number of anilines is 1. The van der Waals surface area contributed by atoms with Crippen molar-refractivity contribution in [1.82, 2.24) is 5.32 Å². The van der Waals surface area contributed by atoms with Gasteiger partial charge in [-0.3, -0.25) is 9.59 Å². The highest BCUT2D eigenvalue weighted by Crippen LogP contribution is 2.18. The normalized spacial score (nSPS) is 12.6. The fourth-order valence-electron chi connectivity index (χ4n) is 3.40. The Balaban J connectivity index is 0.000000289. The lowest BCUT2D eigenvalue weighted by Gasteiger charge is -2.17. The summed E-state index contributed by atoms with van der Waals surface area (Å²) in [5, 5.41) is 33.0. The van der Waals surface area contributed by atoms with Gasteiger partial charge in [-0.1, -0.05) is 68.4 Å². The van der Waals surface area contributed by atoms with Crippen LogP contribution in [0.5, 0.6) is 5.75 Å². The van der Waals surface area contributed by atoms with Gasteiger partial charge in [-0.05, 0) is 74.2 Å². The molecule has 206 valence electrons. The van der Waals surface area contributed by atoms with Gasteiger partial charge in [0.05, 0.1) is 12.0 Å². The molecule has 5 N–H and O–H groups in total. The van der Waals surface area contributed by atoms with Crippen molar-refractivity contribution >= 4 is 17.6 Å². The SMILES string of the molecule is CC(=O)Nc1ccc(O)cc1.CC(C)Cc1ccc(C(C)C(=O)O)cc1.CN[C@@H](C)[C@@H](O)c1ccccc1. The summed E-state index contributed by atoms with van der Waals surface area (Å²) < 4.78 is 0. The molecule has 0 radical (unpaired) electrons. The molecule has 0 aromatic heterocycles. The zero-order valence-corrected chi connectivity index (χ0v) is 23.2. The molecule has 0 spiro atoms. The van der Waals surface area contributed by atoms with Gasteiger partial charge >= 0.3 is 5.97 Å². The maximum absolute atomic E-state index is 10.8. The highest BCUT2D eigenvalue weighted by Gasteiger charge is 2.13. The molecule has 0 saturated heterocycles. The van der Waals surface area contributed by atoms with Crippen LogP contribution in [0.25, 0.3) is 0 Å². The topological polar surface area (TPSA) is 119 Å². The molecule has 1 unspecified atom stereocenters. The summed E-state index contributed by atoms with van der Waals surface area (Å²) in [7, 11) is 1.84. The average Bonchev–Trinajstić information content (AvgIpc) is 2.89. The summed E-state index contributed by atoms with van der Waals surface area (Å²) in [6.07, 6.45) is 0.623. The molecule has 38 heavy (non-hydrogen) atoms. The maximum atomic E-state index is 10.8. The van der Waals surface area contributed by atoms with Gasteiger partial charge < -0.3 is 26.0 Å². The van der Waals surface area contributed by atoms with Crippen LogP contribution in [0.3, 0.4) is 0 Å². The minimum Gasteiger partial charge on any atom is -0.508 e. The second kappa shape index (κ2) is 16.9.